The lowest BCUT2D eigenvalue weighted by Gasteiger charge is -2.27. The number of aromatic nitrogens is 3. The van der Waals surface area contributed by atoms with Gasteiger partial charge in [-0.05, 0) is 38.0 Å². The molecule has 0 atom stereocenters. The van der Waals surface area contributed by atoms with E-state index in [1.807, 2.05) is 42.6 Å². The number of benzene rings is 1. The van der Waals surface area contributed by atoms with Gasteiger partial charge in [0.05, 0.1) is 17.0 Å². The normalized spacial score (nSPS) is 16.9. The summed E-state index contributed by atoms with van der Waals surface area (Å²) in [6.45, 7) is 4.55. The van der Waals surface area contributed by atoms with Crippen LogP contribution in [0.25, 0.3) is 16.6 Å². The van der Waals surface area contributed by atoms with Crippen molar-refractivity contribution in [2.75, 3.05) is 24.6 Å². The molecule has 4 rings (SSSR count). The fraction of sp³-hybridized carbons (Fsp3) is 0.421. The summed E-state index contributed by atoms with van der Waals surface area (Å²) in [5, 5.41) is 5.66. The Morgan fingerprint density at radius 3 is 2.59 bits per heavy atom. The quantitative estimate of drug-likeness (QED) is 0.684. The molecule has 0 bridgehead atoms. The second-order valence-electron chi connectivity index (χ2n) is 7.05. The highest BCUT2D eigenvalue weighted by molar-refractivity contribution is 7.91. The van der Waals surface area contributed by atoms with E-state index in [0.717, 1.165) is 33.5 Å². The van der Waals surface area contributed by atoms with Crippen LogP contribution in [0.4, 0.5) is 0 Å². The van der Waals surface area contributed by atoms with E-state index in [2.05, 4.69) is 5.10 Å². The molecule has 1 saturated heterocycles. The highest BCUT2D eigenvalue weighted by Gasteiger charge is 2.25. The highest BCUT2D eigenvalue weighted by Crippen LogP contribution is 2.23. The monoisotopic (exact) mass is 386 g/mol. The van der Waals surface area contributed by atoms with Crippen LogP contribution in [0, 0.1) is 13.8 Å². The third-order valence-electron chi connectivity index (χ3n) is 5.30. The topological polar surface area (TPSA) is 84.6 Å². The van der Waals surface area contributed by atoms with Gasteiger partial charge in [-0.2, -0.15) is 5.10 Å². The molecule has 7 nitrogen and oxygen atoms in total. The molecule has 0 saturated carbocycles. The van der Waals surface area contributed by atoms with Gasteiger partial charge >= 0.3 is 0 Å². The summed E-state index contributed by atoms with van der Waals surface area (Å²) in [4.78, 5) is 18.9. The van der Waals surface area contributed by atoms with E-state index >= 15 is 0 Å². The molecule has 1 aromatic carbocycles. The van der Waals surface area contributed by atoms with Gasteiger partial charge in [-0.25, -0.2) is 17.9 Å². The van der Waals surface area contributed by atoms with Crippen LogP contribution >= 0.6 is 0 Å². The minimum atomic E-state index is -2.98. The first-order valence-electron chi connectivity index (χ1n) is 9.07. The number of hydrogen-bond acceptors (Lipinski definition) is 5. The van der Waals surface area contributed by atoms with Crippen molar-refractivity contribution >= 4 is 32.3 Å². The molecule has 2 aromatic heterocycles. The molecule has 142 valence electrons. The van der Waals surface area contributed by atoms with Crippen molar-refractivity contribution in [2.24, 2.45) is 0 Å². The summed E-state index contributed by atoms with van der Waals surface area (Å²) >= 11 is 0. The minimum Gasteiger partial charge on any atom is -0.341 e. The molecular weight excluding hydrogens is 364 g/mol. The predicted octanol–water partition coefficient (Wildman–Crippen LogP) is 1.69. The number of sulfone groups is 1. The van der Waals surface area contributed by atoms with E-state index < -0.39 is 9.84 Å². The van der Waals surface area contributed by atoms with Gasteiger partial charge in [0.2, 0.25) is 5.91 Å². The number of carbonyl (C=O) groups excluding carboxylic acids is 1. The van der Waals surface area contributed by atoms with Crippen molar-refractivity contribution in [1.82, 2.24) is 19.5 Å². The van der Waals surface area contributed by atoms with Crippen LogP contribution in [-0.4, -0.2) is 58.4 Å². The van der Waals surface area contributed by atoms with Crippen molar-refractivity contribution in [3.05, 3.63) is 41.2 Å². The maximum absolute atomic E-state index is 12.5. The lowest BCUT2D eigenvalue weighted by atomic mass is 10.1. The molecule has 0 spiro atoms. The first-order chi connectivity index (χ1) is 12.9. The molecule has 0 aliphatic carbocycles. The van der Waals surface area contributed by atoms with Crippen molar-refractivity contribution in [3.8, 4) is 0 Å². The Balaban J connectivity index is 1.57. The zero-order chi connectivity index (χ0) is 19.2. The van der Waals surface area contributed by atoms with Crippen molar-refractivity contribution < 1.29 is 13.2 Å². The van der Waals surface area contributed by atoms with Gasteiger partial charge in [0, 0.05) is 36.3 Å². The summed E-state index contributed by atoms with van der Waals surface area (Å²) in [5.74, 6) is 0.114. The molecule has 0 N–H and O–H groups in total. The molecule has 27 heavy (non-hydrogen) atoms. The SMILES string of the molecule is Cc1nc2c3ccccc3nn2c(C)c1CCC(=O)N1CCS(=O)(=O)CC1. The number of carbonyl (C=O) groups is 1. The van der Waals surface area contributed by atoms with Gasteiger partial charge in [-0.15, -0.1) is 0 Å². The fourth-order valence-electron chi connectivity index (χ4n) is 3.69. The second kappa shape index (κ2) is 6.60. The Bertz CT molecular complexity index is 1140. The van der Waals surface area contributed by atoms with Crippen LogP contribution in [-0.2, 0) is 21.1 Å². The van der Waals surface area contributed by atoms with E-state index in [-0.39, 0.29) is 17.4 Å². The van der Waals surface area contributed by atoms with Crippen LogP contribution in [0.5, 0.6) is 0 Å². The van der Waals surface area contributed by atoms with E-state index in [4.69, 9.17) is 4.98 Å². The van der Waals surface area contributed by atoms with E-state index in [1.165, 1.54) is 0 Å². The van der Waals surface area contributed by atoms with Gasteiger partial charge in [0.1, 0.15) is 0 Å². The predicted molar refractivity (Wildman–Crippen MR) is 104 cm³/mol. The maximum atomic E-state index is 12.5. The Kier molecular flexibility index (Phi) is 4.38. The molecule has 8 heteroatoms. The first-order valence-corrected chi connectivity index (χ1v) is 10.9. The summed E-state index contributed by atoms with van der Waals surface area (Å²) in [5.41, 5.74) is 4.64. The van der Waals surface area contributed by atoms with Crippen molar-refractivity contribution in [1.29, 1.82) is 0 Å². The zero-order valence-electron chi connectivity index (χ0n) is 15.5. The molecule has 1 amide bonds. The van der Waals surface area contributed by atoms with Crippen LogP contribution in [0.3, 0.4) is 0 Å². The van der Waals surface area contributed by atoms with E-state index in [1.54, 1.807) is 4.90 Å². The number of nitrogens with zero attached hydrogens (tertiary/aromatic N) is 4. The smallest absolute Gasteiger partial charge is 0.222 e. The number of fused-ring (bicyclic) bond motifs is 3. The van der Waals surface area contributed by atoms with Gasteiger partial charge in [-0.3, -0.25) is 4.79 Å². The first kappa shape index (κ1) is 17.9. The fourth-order valence-corrected chi connectivity index (χ4v) is 4.89. The Morgan fingerprint density at radius 1 is 1.15 bits per heavy atom. The van der Waals surface area contributed by atoms with Crippen LogP contribution in [0.2, 0.25) is 0 Å². The lowest BCUT2D eigenvalue weighted by Crippen LogP contribution is -2.43. The molecule has 0 unspecified atom stereocenters. The molecular formula is C19H22N4O3S. The Morgan fingerprint density at radius 2 is 1.85 bits per heavy atom. The average molecular weight is 386 g/mol. The highest BCUT2D eigenvalue weighted by atomic mass is 32.2. The Labute approximate surface area is 157 Å². The van der Waals surface area contributed by atoms with E-state index in [9.17, 15) is 13.2 Å². The maximum Gasteiger partial charge on any atom is 0.222 e. The molecule has 0 radical (unpaired) electrons. The van der Waals surface area contributed by atoms with E-state index in [0.29, 0.717) is 25.9 Å². The average Bonchev–Trinajstić information content (AvgIpc) is 3.00. The third-order valence-corrected chi connectivity index (χ3v) is 6.91. The summed E-state index contributed by atoms with van der Waals surface area (Å²) in [7, 11) is -2.98. The largest absolute Gasteiger partial charge is 0.341 e. The summed E-state index contributed by atoms with van der Waals surface area (Å²) in [6.07, 6.45) is 0.911. The number of aryl methyl sites for hydroxylation is 2. The zero-order valence-corrected chi connectivity index (χ0v) is 16.3. The van der Waals surface area contributed by atoms with Gasteiger partial charge in [-0.1, -0.05) is 12.1 Å². The third kappa shape index (κ3) is 3.29. The number of hydrogen-bond donors (Lipinski definition) is 0. The molecule has 3 heterocycles. The van der Waals surface area contributed by atoms with Gasteiger partial charge < -0.3 is 4.90 Å². The van der Waals surface area contributed by atoms with Crippen molar-refractivity contribution in [2.45, 2.75) is 26.7 Å². The molecule has 1 fully saturated rings. The van der Waals surface area contributed by atoms with Crippen LogP contribution in [0.1, 0.15) is 23.4 Å². The minimum absolute atomic E-state index is 0.00516. The summed E-state index contributed by atoms with van der Waals surface area (Å²) in [6, 6.07) is 7.90. The van der Waals surface area contributed by atoms with Gasteiger partial charge in [0.25, 0.3) is 0 Å². The van der Waals surface area contributed by atoms with Crippen LogP contribution < -0.4 is 0 Å². The standard InChI is InChI=1S/C19H22N4O3S/c1-13-15(7-8-18(24)22-9-11-27(25,26)12-10-22)14(2)23-19(20-13)16-5-3-4-6-17(16)21-23/h3-6H,7-12H2,1-2H3. The number of amides is 1. The molecule has 3 aromatic rings. The summed E-state index contributed by atoms with van der Waals surface area (Å²) < 4.78 is 24.9. The molecule has 1 aliphatic heterocycles. The molecule has 1 aliphatic rings. The second-order valence-corrected chi connectivity index (χ2v) is 9.35. The van der Waals surface area contributed by atoms with Gasteiger partial charge in [0.15, 0.2) is 15.5 Å². The number of rotatable bonds is 3. The lowest BCUT2D eigenvalue weighted by molar-refractivity contribution is -0.130. The van der Waals surface area contributed by atoms with Crippen molar-refractivity contribution in [3.63, 3.8) is 0 Å². The Hall–Kier alpha value is -2.48. The van der Waals surface area contributed by atoms with Crippen LogP contribution in [0.15, 0.2) is 24.3 Å².